The molecular weight excluding hydrogens is 260 g/mol. The van der Waals surface area contributed by atoms with Gasteiger partial charge in [0.1, 0.15) is 11.6 Å². The molecule has 2 aromatic heterocycles. The number of nitrogens with one attached hydrogen (secondary N) is 1. The van der Waals surface area contributed by atoms with Crippen molar-refractivity contribution in [2.75, 3.05) is 0 Å². The fraction of sp³-hybridized carbons (Fsp3) is 0.176. The van der Waals surface area contributed by atoms with E-state index in [1.807, 2.05) is 25.1 Å². The van der Waals surface area contributed by atoms with Gasteiger partial charge in [0.2, 0.25) is 0 Å². The fourth-order valence-corrected chi connectivity index (χ4v) is 2.95. The third kappa shape index (κ3) is 1.76. The molecule has 104 valence electrons. The van der Waals surface area contributed by atoms with E-state index in [-0.39, 0.29) is 0 Å². The minimum absolute atomic E-state index is 0.940. The molecule has 0 atom stereocenters. The number of H-pyrrole nitrogens is 1. The summed E-state index contributed by atoms with van der Waals surface area (Å²) in [6.45, 7) is 4.07. The first-order valence-corrected chi connectivity index (χ1v) is 7.02. The van der Waals surface area contributed by atoms with E-state index in [0.29, 0.717) is 0 Å². The van der Waals surface area contributed by atoms with Gasteiger partial charge in [-0.25, -0.2) is 9.97 Å². The highest BCUT2D eigenvalue weighted by molar-refractivity contribution is 5.86. The average molecular weight is 276 g/mol. The number of aromatic amines is 1. The lowest BCUT2D eigenvalue weighted by Gasteiger charge is -2.04. The van der Waals surface area contributed by atoms with Crippen molar-refractivity contribution in [3.05, 3.63) is 47.8 Å². The molecule has 0 unspecified atom stereocenters. The standard InChI is InChI=1S/C17H16N4/c1-10-8-12(9-14-16(10)19-11(2)18-14)17-20-13-6-4-5-7-15(13)21(17)3/h4-9H,1-3H3,(H,18,19). The molecule has 4 nitrogen and oxygen atoms in total. The maximum absolute atomic E-state index is 4.77. The molecule has 4 heteroatoms. The molecule has 0 bridgehead atoms. The van der Waals surface area contributed by atoms with Crippen LogP contribution in [0.15, 0.2) is 36.4 Å². The monoisotopic (exact) mass is 276 g/mol. The Balaban J connectivity index is 2.01. The number of fused-ring (bicyclic) bond motifs is 2. The third-order valence-corrected chi connectivity index (χ3v) is 3.94. The van der Waals surface area contributed by atoms with Crippen molar-refractivity contribution >= 4 is 22.1 Å². The molecular formula is C17H16N4. The van der Waals surface area contributed by atoms with Gasteiger partial charge in [0.05, 0.1) is 22.1 Å². The van der Waals surface area contributed by atoms with Gasteiger partial charge < -0.3 is 9.55 Å². The van der Waals surface area contributed by atoms with Crippen molar-refractivity contribution in [3.8, 4) is 11.4 Å². The topological polar surface area (TPSA) is 46.5 Å². The predicted octanol–water partition coefficient (Wildman–Crippen LogP) is 3.73. The summed E-state index contributed by atoms with van der Waals surface area (Å²) >= 11 is 0. The summed E-state index contributed by atoms with van der Waals surface area (Å²) in [6.07, 6.45) is 0. The number of nitrogens with zero attached hydrogens (tertiary/aromatic N) is 3. The van der Waals surface area contributed by atoms with Crippen LogP contribution in [0.5, 0.6) is 0 Å². The van der Waals surface area contributed by atoms with Crippen molar-refractivity contribution in [1.82, 2.24) is 19.5 Å². The Morgan fingerprint density at radius 2 is 1.86 bits per heavy atom. The molecule has 0 fully saturated rings. The van der Waals surface area contributed by atoms with Gasteiger partial charge in [-0.05, 0) is 43.7 Å². The largest absolute Gasteiger partial charge is 0.342 e. The number of para-hydroxylation sites is 2. The number of hydrogen-bond acceptors (Lipinski definition) is 2. The van der Waals surface area contributed by atoms with Crippen molar-refractivity contribution in [2.45, 2.75) is 13.8 Å². The molecule has 0 saturated heterocycles. The fourth-order valence-electron chi connectivity index (χ4n) is 2.95. The number of rotatable bonds is 1. The predicted molar refractivity (Wildman–Crippen MR) is 85.3 cm³/mol. The van der Waals surface area contributed by atoms with E-state index in [1.54, 1.807) is 0 Å². The number of benzene rings is 2. The first-order chi connectivity index (χ1) is 10.1. The van der Waals surface area contributed by atoms with Crippen LogP contribution in [0.4, 0.5) is 0 Å². The normalized spacial score (nSPS) is 11.6. The first kappa shape index (κ1) is 12.1. The van der Waals surface area contributed by atoms with Gasteiger partial charge >= 0.3 is 0 Å². The van der Waals surface area contributed by atoms with Crippen LogP contribution >= 0.6 is 0 Å². The van der Waals surface area contributed by atoms with Crippen LogP contribution in [0.1, 0.15) is 11.4 Å². The van der Waals surface area contributed by atoms with Crippen molar-refractivity contribution in [1.29, 1.82) is 0 Å². The van der Waals surface area contributed by atoms with E-state index in [2.05, 4.69) is 46.7 Å². The van der Waals surface area contributed by atoms with Gasteiger partial charge in [0.25, 0.3) is 0 Å². The van der Waals surface area contributed by atoms with Crippen LogP contribution in [0.3, 0.4) is 0 Å². The van der Waals surface area contributed by atoms with E-state index in [4.69, 9.17) is 4.98 Å². The zero-order chi connectivity index (χ0) is 14.6. The van der Waals surface area contributed by atoms with Crippen LogP contribution in [0.2, 0.25) is 0 Å². The van der Waals surface area contributed by atoms with E-state index in [0.717, 1.165) is 39.3 Å². The molecule has 0 radical (unpaired) electrons. The number of hydrogen-bond donors (Lipinski definition) is 1. The van der Waals surface area contributed by atoms with E-state index < -0.39 is 0 Å². The molecule has 2 heterocycles. The highest BCUT2D eigenvalue weighted by atomic mass is 15.1. The van der Waals surface area contributed by atoms with E-state index in [1.165, 1.54) is 5.56 Å². The first-order valence-electron chi connectivity index (χ1n) is 7.02. The Morgan fingerprint density at radius 3 is 2.67 bits per heavy atom. The lowest BCUT2D eigenvalue weighted by molar-refractivity contribution is 0.959. The van der Waals surface area contributed by atoms with Crippen LogP contribution in [-0.4, -0.2) is 19.5 Å². The van der Waals surface area contributed by atoms with E-state index >= 15 is 0 Å². The van der Waals surface area contributed by atoms with Gasteiger partial charge in [0, 0.05) is 12.6 Å². The highest BCUT2D eigenvalue weighted by Gasteiger charge is 2.12. The smallest absolute Gasteiger partial charge is 0.140 e. The average Bonchev–Trinajstić information content (AvgIpc) is 3.00. The molecule has 4 rings (SSSR count). The summed E-state index contributed by atoms with van der Waals surface area (Å²) in [4.78, 5) is 12.6. The molecule has 4 aromatic rings. The highest BCUT2D eigenvalue weighted by Crippen LogP contribution is 2.28. The quantitative estimate of drug-likeness (QED) is 0.575. The lowest BCUT2D eigenvalue weighted by atomic mass is 10.1. The molecule has 0 amide bonds. The summed E-state index contributed by atoms with van der Waals surface area (Å²) in [6, 6.07) is 12.5. The minimum atomic E-state index is 0.940. The second kappa shape index (κ2) is 4.19. The second-order valence-electron chi connectivity index (χ2n) is 5.49. The second-order valence-corrected chi connectivity index (χ2v) is 5.49. The number of aryl methyl sites for hydroxylation is 3. The van der Waals surface area contributed by atoms with Crippen molar-refractivity contribution in [2.24, 2.45) is 7.05 Å². The Bertz CT molecular complexity index is 975. The van der Waals surface area contributed by atoms with E-state index in [9.17, 15) is 0 Å². The summed E-state index contributed by atoms with van der Waals surface area (Å²) in [5.41, 5.74) is 6.55. The summed E-state index contributed by atoms with van der Waals surface area (Å²) < 4.78 is 2.14. The Morgan fingerprint density at radius 1 is 1.05 bits per heavy atom. The third-order valence-electron chi connectivity index (χ3n) is 3.94. The lowest BCUT2D eigenvalue weighted by Crippen LogP contribution is -1.93. The molecule has 0 aliphatic rings. The van der Waals surface area contributed by atoms with Gasteiger partial charge in [-0.2, -0.15) is 0 Å². The van der Waals surface area contributed by atoms with Crippen LogP contribution in [-0.2, 0) is 7.05 Å². The minimum Gasteiger partial charge on any atom is -0.342 e. The Hall–Kier alpha value is -2.62. The zero-order valence-corrected chi connectivity index (χ0v) is 12.3. The molecule has 0 spiro atoms. The van der Waals surface area contributed by atoms with Gasteiger partial charge in [0.15, 0.2) is 0 Å². The van der Waals surface area contributed by atoms with Crippen molar-refractivity contribution < 1.29 is 0 Å². The maximum atomic E-state index is 4.77. The molecule has 0 aliphatic heterocycles. The number of aromatic nitrogens is 4. The van der Waals surface area contributed by atoms with Crippen molar-refractivity contribution in [3.63, 3.8) is 0 Å². The molecule has 2 aromatic carbocycles. The summed E-state index contributed by atoms with van der Waals surface area (Å²) in [5.74, 6) is 1.92. The summed E-state index contributed by atoms with van der Waals surface area (Å²) in [5, 5.41) is 0. The van der Waals surface area contributed by atoms with Gasteiger partial charge in [-0.1, -0.05) is 12.1 Å². The molecule has 21 heavy (non-hydrogen) atoms. The SMILES string of the molecule is Cc1nc2c(C)cc(-c3nc4ccccc4n3C)cc2[nH]1. The summed E-state index contributed by atoms with van der Waals surface area (Å²) in [7, 11) is 2.06. The van der Waals surface area contributed by atoms with Crippen LogP contribution in [0.25, 0.3) is 33.5 Å². The van der Waals surface area contributed by atoms with Crippen LogP contribution < -0.4 is 0 Å². The Kier molecular flexibility index (Phi) is 2.42. The molecule has 1 N–H and O–H groups in total. The number of imidazole rings is 2. The maximum Gasteiger partial charge on any atom is 0.140 e. The van der Waals surface area contributed by atoms with Gasteiger partial charge in [-0.15, -0.1) is 0 Å². The zero-order valence-electron chi connectivity index (χ0n) is 12.3. The molecule has 0 aliphatic carbocycles. The Labute approximate surface area is 122 Å². The van der Waals surface area contributed by atoms with Gasteiger partial charge in [-0.3, -0.25) is 0 Å². The molecule has 0 saturated carbocycles. The van der Waals surface area contributed by atoms with Crippen LogP contribution in [0, 0.1) is 13.8 Å².